The van der Waals surface area contributed by atoms with Gasteiger partial charge in [0.2, 0.25) is 5.78 Å². The Morgan fingerprint density at radius 2 is 1.71 bits per heavy atom. The summed E-state index contributed by atoms with van der Waals surface area (Å²) in [4.78, 5) is 11.1. The quantitative estimate of drug-likeness (QED) is 0.587. The molecule has 0 saturated heterocycles. The first-order valence-electron chi connectivity index (χ1n) is 4.33. The topological polar surface area (TPSA) is 17.1 Å². The summed E-state index contributed by atoms with van der Waals surface area (Å²) >= 11 is 5.57. The first-order chi connectivity index (χ1) is 7.57. The van der Waals surface area contributed by atoms with Crippen molar-refractivity contribution in [2.45, 2.75) is 19.0 Å². The largest absolute Gasteiger partial charge is 0.461 e. The number of hydrogen-bond acceptors (Lipinski definition) is 1. The Morgan fingerprint density at radius 3 is 2.12 bits per heavy atom. The number of carbonyl (C=O) groups excluding carboxylic acids is 1. The van der Waals surface area contributed by atoms with Gasteiger partial charge in [0.25, 0.3) is 0 Å². The van der Waals surface area contributed by atoms with Gasteiger partial charge < -0.3 is 0 Å². The molecule has 0 unspecified atom stereocenters. The van der Waals surface area contributed by atoms with Crippen molar-refractivity contribution in [1.82, 2.24) is 0 Å². The molecule has 94 valence electrons. The second-order valence-electron chi connectivity index (χ2n) is 3.37. The lowest BCUT2D eigenvalue weighted by molar-refractivity contribution is -0.255. The molecule has 0 amide bonds. The van der Waals surface area contributed by atoms with Crippen LogP contribution in [0.25, 0.3) is 0 Å². The third-order valence-electron chi connectivity index (χ3n) is 2.06. The second-order valence-corrected chi connectivity index (χ2v) is 3.77. The van der Waals surface area contributed by atoms with Crippen LogP contribution in [0.3, 0.4) is 0 Å². The fraction of sp³-hybridized carbons (Fsp3) is 0.300. The first-order valence-corrected chi connectivity index (χ1v) is 4.70. The molecule has 7 heteroatoms. The number of rotatable bonds is 2. The van der Waals surface area contributed by atoms with Crippen molar-refractivity contribution in [1.29, 1.82) is 0 Å². The molecule has 0 fully saturated rings. The molecule has 0 aliphatic heterocycles. The van der Waals surface area contributed by atoms with Gasteiger partial charge in [0.1, 0.15) is 0 Å². The highest BCUT2D eigenvalue weighted by molar-refractivity contribution is 6.31. The molecule has 17 heavy (non-hydrogen) atoms. The monoisotopic (exact) mass is 272 g/mol. The van der Waals surface area contributed by atoms with E-state index in [1.54, 1.807) is 0 Å². The summed E-state index contributed by atoms with van der Waals surface area (Å²) < 4.78 is 61.3. The van der Waals surface area contributed by atoms with Gasteiger partial charge >= 0.3 is 12.1 Å². The van der Waals surface area contributed by atoms with Gasteiger partial charge in [-0.1, -0.05) is 11.6 Å². The predicted octanol–water partition coefficient (Wildman–Crippen LogP) is 4.03. The summed E-state index contributed by atoms with van der Waals surface area (Å²) in [5.41, 5.74) is -0.482. The molecule has 0 spiro atoms. The highest BCUT2D eigenvalue weighted by Crippen LogP contribution is 2.38. The van der Waals surface area contributed by atoms with Crippen molar-refractivity contribution in [2.24, 2.45) is 0 Å². The van der Waals surface area contributed by atoms with Gasteiger partial charge in [0, 0.05) is 10.6 Å². The summed E-state index contributed by atoms with van der Waals surface area (Å²) in [6, 6.07) is 2.82. The van der Waals surface area contributed by atoms with E-state index >= 15 is 0 Å². The third kappa shape index (κ3) is 2.57. The predicted molar refractivity (Wildman–Crippen MR) is 51.5 cm³/mol. The number of Topliss-reactive ketones (excluding diaryl/α,β-unsaturated/α-hetero) is 1. The van der Waals surface area contributed by atoms with E-state index in [1.165, 1.54) is 6.92 Å². The molecule has 0 N–H and O–H groups in total. The number of hydrogen-bond donors (Lipinski definition) is 0. The lowest BCUT2D eigenvalue weighted by Gasteiger charge is -2.18. The zero-order chi connectivity index (χ0) is 13.4. The Kier molecular flexibility index (Phi) is 3.47. The standard InChI is InChI=1S/C10H6ClF5O/c1-5-4-6(2-3-7(5)11)8(17)9(12,13)10(14,15)16/h2-4H,1H3. The zero-order valence-electron chi connectivity index (χ0n) is 8.41. The summed E-state index contributed by atoms with van der Waals surface area (Å²) in [6.07, 6.45) is -5.91. The van der Waals surface area contributed by atoms with Crippen LogP contribution in [-0.2, 0) is 0 Å². The molecule has 1 aromatic rings. The van der Waals surface area contributed by atoms with Crippen LogP contribution in [0.1, 0.15) is 15.9 Å². The summed E-state index contributed by atoms with van der Waals surface area (Å²) in [6.45, 7) is 1.39. The molecule has 1 aromatic carbocycles. The van der Waals surface area contributed by atoms with Crippen molar-refractivity contribution >= 4 is 17.4 Å². The van der Waals surface area contributed by atoms with E-state index in [-0.39, 0.29) is 10.6 Å². The second kappa shape index (κ2) is 4.25. The molecule has 0 saturated carbocycles. The highest BCUT2D eigenvalue weighted by atomic mass is 35.5. The minimum Gasteiger partial charge on any atom is -0.287 e. The normalized spacial score (nSPS) is 12.6. The summed E-state index contributed by atoms with van der Waals surface area (Å²) in [7, 11) is 0. The average Bonchev–Trinajstić information content (AvgIpc) is 2.19. The Morgan fingerprint density at radius 1 is 1.18 bits per heavy atom. The van der Waals surface area contributed by atoms with Gasteiger partial charge in [0.05, 0.1) is 0 Å². The van der Waals surface area contributed by atoms with E-state index in [2.05, 4.69) is 0 Å². The van der Waals surface area contributed by atoms with E-state index in [0.717, 1.165) is 18.2 Å². The maximum absolute atomic E-state index is 12.7. The maximum Gasteiger partial charge on any atom is 0.461 e. The molecule has 0 atom stereocenters. The SMILES string of the molecule is Cc1cc(C(=O)C(F)(F)C(F)(F)F)ccc1Cl. The molecule has 0 aliphatic rings. The Balaban J connectivity index is 3.17. The van der Waals surface area contributed by atoms with Crippen LogP contribution in [0.5, 0.6) is 0 Å². The molecule has 0 bridgehead atoms. The summed E-state index contributed by atoms with van der Waals surface area (Å²) in [5.74, 6) is -7.68. The van der Waals surface area contributed by atoms with Gasteiger partial charge in [-0.05, 0) is 30.7 Å². The Hall–Kier alpha value is -1.17. The lowest BCUT2D eigenvalue weighted by atomic mass is 10.0. The number of carbonyl (C=O) groups is 1. The molecule has 0 aliphatic carbocycles. The van der Waals surface area contributed by atoms with Crippen LogP contribution in [0.2, 0.25) is 5.02 Å². The maximum atomic E-state index is 12.7. The van der Waals surface area contributed by atoms with Crippen LogP contribution in [0, 0.1) is 6.92 Å². The van der Waals surface area contributed by atoms with Crippen molar-refractivity contribution in [2.75, 3.05) is 0 Å². The minimum absolute atomic E-state index is 0.178. The number of alkyl halides is 5. The highest BCUT2D eigenvalue weighted by Gasteiger charge is 2.63. The molecular weight excluding hydrogens is 267 g/mol. The first kappa shape index (κ1) is 13.9. The van der Waals surface area contributed by atoms with Gasteiger partial charge in [0.15, 0.2) is 0 Å². The van der Waals surface area contributed by atoms with Crippen LogP contribution in [0.4, 0.5) is 22.0 Å². The molecule has 0 radical (unpaired) electrons. The lowest BCUT2D eigenvalue weighted by Crippen LogP contribution is -2.44. The van der Waals surface area contributed by atoms with E-state index in [0.29, 0.717) is 0 Å². The van der Waals surface area contributed by atoms with Crippen LogP contribution in [-0.4, -0.2) is 17.9 Å². The van der Waals surface area contributed by atoms with Crippen LogP contribution in [0.15, 0.2) is 18.2 Å². The number of ketones is 1. The molecule has 1 rings (SSSR count). The number of aryl methyl sites for hydroxylation is 1. The molecular formula is C10H6ClF5O. The zero-order valence-corrected chi connectivity index (χ0v) is 9.16. The van der Waals surface area contributed by atoms with Crippen molar-refractivity contribution in [3.63, 3.8) is 0 Å². The van der Waals surface area contributed by atoms with Crippen molar-refractivity contribution in [3.05, 3.63) is 34.3 Å². The molecule has 0 aromatic heterocycles. The molecule has 1 nitrogen and oxygen atoms in total. The van der Waals surface area contributed by atoms with Crippen molar-refractivity contribution in [3.8, 4) is 0 Å². The fourth-order valence-electron chi connectivity index (χ4n) is 1.10. The van der Waals surface area contributed by atoms with E-state index in [1.807, 2.05) is 0 Å². The van der Waals surface area contributed by atoms with Gasteiger partial charge in [-0.15, -0.1) is 0 Å². The smallest absolute Gasteiger partial charge is 0.287 e. The Bertz CT molecular complexity index is 452. The van der Waals surface area contributed by atoms with E-state index in [9.17, 15) is 26.7 Å². The summed E-state index contributed by atoms with van der Waals surface area (Å²) in [5, 5.41) is 0.178. The van der Waals surface area contributed by atoms with Gasteiger partial charge in [-0.25, -0.2) is 0 Å². The van der Waals surface area contributed by atoms with Gasteiger partial charge in [-0.2, -0.15) is 22.0 Å². The van der Waals surface area contributed by atoms with Crippen LogP contribution < -0.4 is 0 Å². The fourth-order valence-corrected chi connectivity index (χ4v) is 1.21. The van der Waals surface area contributed by atoms with E-state index in [4.69, 9.17) is 11.6 Å². The Labute approximate surface area is 98.2 Å². The number of benzene rings is 1. The van der Waals surface area contributed by atoms with Crippen molar-refractivity contribution < 1.29 is 26.7 Å². The molecule has 0 heterocycles. The average molecular weight is 273 g/mol. The number of halogens is 6. The third-order valence-corrected chi connectivity index (χ3v) is 2.49. The minimum atomic E-state index is -5.91. The van der Waals surface area contributed by atoms with E-state index < -0.39 is 23.4 Å². The van der Waals surface area contributed by atoms with Gasteiger partial charge in [-0.3, -0.25) is 4.79 Å². The van der Waals surface area contributed by atoms with Crippen LogP contribution >= 0.6 is 11.6 Å².